The number of anilines is 1. The summed E-state index contributed by atoms with van der Waals surface area (Å²) in [6, 6.07) is 23.2. The van der Waals surface area contributed by atoms with Crippen molar-refractivity contribution in [3.63, 3.8) is 0 Å². The average molecular weight is 564 g/mol. The van der Waals surface area contributed by atoms with Crippen LogP contribution in [0.15, 0.2) is 78.9 Å². The SMILES string of the molecule is O=C1OCC(c2ccccc2)N1c1cccc(OCc2nc3n(c2Cc2ccccc2OC(F)F)CCC(F)C3)c1. The van der Waals surface area contributed by atoms with E-state index in [2.05, 4.69) is 0 Å². The summed E-state index contributed by atoms with van der Waals surface area (Å²) in [5.41, 5.74) is 3.51. The van der Waals surface area contributed by atoms with Crippen molar-refractivity contribution < 1.29 is 32.2 Å². The van der Waals surface area contributed by atoms with Crippen LogP contribution in [0.5, 0.6) is 11.5 Å². The van der Waals surface area contributed by atoms with Crippen molar-refractivity contribution in [2.24, 2.45) is 0 Å². The minimum Gasteiger partial charge on any atom is -0.487 e. The van der Waals surface area contributed by atoms with E-state index in [9.17, 15) is 18.0 Å². The van der Waals surface area contributed by atoms with Gasteiger partial charge < -0.3 is 18.8 Å². The van der Waals surface area contributed by atoms with Crippen LogP contribution in [0, 0.1) is 0 Å². The number of aromatic nitrogens is 2. The average Bonchev–Trinajstić information content (AvgIpc) is 3.52. The summed E-state index contributed by atoms with van der Waals surface area (Å²) in [5.74, 6) is 1.20. The van der Waals surface area contributed by atoms with E-state index in [4.69, 9.17) is 19.2 Å². The number of nitrogens with zero attached hydrogens (tertiary/aromatic N) is 3. The molecule has 2 aliphatic rings. The molecule has 1 aromatic heterocycles. The van der Waals surface area contributed by atoms with Crippen molar-refractivity contribution in [1.82, 2.24) is 9.55 Å². The lowest BCUT2D eigenvalue weighted by atomic mass is 10.1. The Bertz CT molecular complexity index is 1530. The van der Waals surface area contributed by atoms with Gasteiger partial charge in [0.2, 0.25) is 0 Å². The quantitative estimate of drug-likeness (QED) is 0.229. The summed E-state index contributed by atoms with van der Waals surface area (Å²) in [7, 11) is 0. The minimum atomic E-state index is -2.95. The van der Waals surface area contributed by atoms with Gasteiger partial charge in [0.05, 0.1) is 17.4 Å². The first-order chi connectivity index (χ1) is 20.0. The smallest absolute Gasteiger partial charge is 0.415 e. The molecule has 2 unspecified atom stereocenters. The molecule has 0 spiro atoms. The lowest BCUT2D eigenvalue weighted by Gasteiger charge is -2.22. The maximum atomic E-state index is 14.2. The lowest BCUT2D eigenvalue weighted by molar-refractivity contribution is -0.0504. The second kappa shape index (κ2) is 11.6. The van der Waals surface area contributed by atoms with E-state index in [1.807, 2.05) is 41.0 Å². The van der Waals surface area contributed by atoms with Crippen LogP contribution in [0.4, 0.5) is 23.7 Å². The Morgan fingerprint density at radius 1 is 1.02 bits per heavy atom. The van der Waals surface area contributed by atoms with Gasteiger partial charge >= 0.3 is 12.7 Å². The summed E-state index contributed by atoms with van der Waals surface area (Å²) in [6.07, 6.45) is -0.636. The molecule has 3 aromatic carbocycles. The number of carbonyl (C=O) groups excluding carboxylic acids is 1. The molecule has 3 heterocycles. The van der Waals surface area contributed by atoms with Gasteiger partial charge in [-0.05, 0) is 30.2 Å². The fraction of sp³-hybridized carbons (Fsp3) is 0.290. The van der Waals surface area contributed by atoms with Crippen LogP contribution in [0.25, 0.3) is 0 Å². The van der Waals surface area contributed by atoms with Crippen molar-refractivity contribution in [2.75, 3.05) is 11.5 Å². The van der Waals surface area contributed by atoms with Gasteiger partial charge in [0.15, 0.2) is 0 Å². The molecule has 10 heteroatoms. The van der Waals surface area contributed by atoms with E-state index in [1.165, 1.54) is 6.07 Å². The zero-order chi connectivity index (χ0) is 28.3. The molecule has 6 rings (SSSR count). The highest BCUT2D eigenvalue weighted by Gasteiger charge is 2.35. The van der Waals surface area contributed by atoms with Crippen LogP contribution in [-0.2, 0) is 30.7 Å². The Kier molecular flexibility index (Phi) is 7.54. The molecule has 1 fully saturated rings. The van der Waals surface area contributed by atoms with Crippen molar-refractivity contribution in [1.29, 1.82) is 0 Å². The van der Waals surface area contributed by atoms with Gasteiger partial charge in [-0.15, -0.1) is 0 Å². The number of fused-ring (bicyclic) bond motifs is 1. The maximum absolute atomic E-state index is 14.2. The summed E-state index contributed by atoms with van der Waals surface area (Å²) < 4.78 is 58.5. The molecule has 1 amide bonds. The van der Waals surface area contributed by atoms with Gasteiger partial charge in [0, 0.05) is 36.7 Å². The topological polar surface area (TPSA) is 65.8 Å². The largest absolute Gasteiger partial charge is 0.487 e. The standard InChI is InChI=1S/C31H28F3N3O4/c32-22-13-14-36-26(15-21-9-4-5-12-28(21)41-30(33)34)25(35-29(36)16-22)18-39-24-11-6-10-23(17-24)37-27(19-40-31(37)38)20-7-2-1-3-8-20/h1-12,17,22,27,30H,13-16,18-19H2. The van der Waals surface area contributed by atoms with E-state index in [0.717, 1.165) is 11.3 Å². The lowest BCUT2D eigenvalue weighted by Crippen LogP contribution is -2.27. The maximum Gasteiger partial charge on any atom is 0.415 e. The number of rotatable bonds is 9. The number of halogens is 3. The highest BCUT2D eigenvalue weighted by molar-refractivity contribution is 5.90. The first-order valence-corrected chi connectivity index (χ1v) is 13.4. The van der Waals surface area contributed by atoms with Crippen LogP contribution in [-0.4, -0.2) is 35.0 Å². The third-order valence-electron chi connectivity index (χ3n) is 7.38. The van der Waals surface area contributed by atoms with Gasteiger partial charge in [-0.3, -0.25) is 4.90 Å². The predicted octanol–water partition coefficient (Wildman–Crippen LogP) is 6.64. The number of ether oxygens (including phenoxy) is 3. The Morgan fingerprint density at radius 2 is 1.83 bits per heavy atom. The molecule has 0 bridgehead atoms. The molecule has 0 N–H and O–H groups in total. The normalized spacial score (nSPS) is 18.3. The second-order valence-electron chi connectivity index (χ2n) is 9.99. The van der Waals surface area contributed by atoms with Gasteiger partial charge in [-0.25, -0.2) is 14.2 Å². The Hall–Kier alpha value is -4.47. The Morgan fingerprint density at radius 3 is 2.66 bits per heavy atom. The van der Waals surface area contributed by atoms with Crippen molar-refractivity contribution in [3.05, 3.63) is 107 Å². The Balaban J connectivity index is 1.26. The molecule has 0 saturated carbocycles. The van der Waals surface area contributed by atoms with Gasteiger partial charge in [0.25, 0.3) is 0 Å². The molecular weight excluding hydrogens is 535 g/mol. The van der Waals surface area contributed by atoms with E-state index < -0.39 is 18.9 Å². The number of hydrogen-bond acceptors (Lipinski definition) is 5. The molecule has 4 aromatic rings. The number of cyclic esters (lactones) is 1. The molecule has 212 valence electrons. The van der Waals surface area contributed by atoms with Crippen LogP contribution in [0.3, 0.4) is 0 Å². The Labute approximate surface area is 235 Å². The first kappa shape index (κ1) is 26.7. The van der Waals surface area contributed by atoms with Gasteiger partial charge in [0.1, 0.15) is 36.7 Å². The number of imidazole rings is 1. The van der Waals surface area contributed by atoms with Crippen LogP contribution in [0.2, 0.25) is 0 Å². The summed E-state index contributed by atoms with van der Waals surface area (Å²) in [6.45, 7) is -2.21. The van der Waals surface area contributed by atoms with Gasteiger partial charge in [-0.1, -0.05) is 54.6 Å². The molecule has 2 aliphatic heterocycles. The fourth-order valence-corrected chi connectivity index (χ4v) is 5.44. The van der Waals surface area contributed by atoms with Gasteiger partial charge in [-0.2, -0.15) is 8.78 Å². The third-order valence-corrected chi connectivity index (χ3v) is 7.38. The van der Waals surface area contributed by atoms with E-state index in [0.29, 0.717) is 41.5 Å². The van der Waals surface area contributed by atoms with Crippen LogP contribution >= 0.6 is 0 Å². The predicted molar refractivity (Wildman–Crippen MR) is 145 cm³/mol. The highest BCUT2D eigenvalue weighted by Crippen LogP contribution is 2.35. The van der Waals surface area contributed by atoms with E-state index in [-0.39, 0.29) is 37.8 Å². The molecule has 7 nitrogen and oxygen atoms in total. The number of carbonyl (C=O) groups is 1. The third kappa shape index (κ3) is 5.73. The number of alkyl halides is 3. The second-order valence-corrected chi connectivity index (χ2v) is 9.99. The zero-order valence-corrected chi connectivity index (χ0v) is 22.1. The molecule has 0 aliphatic carbocycles. The fourth-order valence-electron chi connectivity index (χ4n) is 5.44. The number of benzene rings is 3. The minimum absolute atomic E-state index is 0.0696. The van der Waals surface area contributed by atoms with Crippen LogP contribution in [0.1, 0.15) is 40.8 Å². The first-order valence-electron chi connectivity index (χ1n) is 13.4. The van der Waals surface area contributed by atoms with E-state index >= 15 is 0 Å². The number of amides is 1. The van der Waals surface area contributed by atoms with Crippen molar-refractivity contribution >= 4 is 11.8 Å². The summed E-state index contributed by atoms with van der Waals surface area (Å²) in [4.78, 5) is 19.0. The highest BCUT2D eigenvalue weighted by atomic mass is 19.3. The number of hydrogen-bond donors (Lipinski definition) is 0. The van der Waals surface area contributed by atoms with Crippen molar-refractivity contribution in [2.45, 2.75) is 51.2 Å². The molecule has 0 radical (unpaired) electrons. The molecule has 41 heavy (non-hydrogen) atoms. The van der Waals surface area contributed by atoms with E-state index in [1.54, 1.807) is 41.3 Å². The van der Waals surface area contributed by atoms with Crippen molar-refractivity contribution in [3.8, 4) is 11.5 Å². The molecular formula is C31H28F3N3O4. The summed E-state index contributed by atoms with van der Waals surface area (Å²) in [5, 5.41) is 0. The molecule has 1 saturated heterocycles. The van der Waals surface area contributed by atoms with Crippen LogP contribution < -0.4 is 14.4 Å². The monoisotopic (exact) mass is 563 g/mol. The summed E-state index contributed by atoms with van der Waals surface area (Å²) >= 11 is 0. The zero-order valence-electron chi connectivity index (χ0n) is 22.1. The number of para-hydroxylation sites is 1. The molecule has 2 atom stereocenters.